The van der Waals surface area contributed by atoms with E-state index in [1.54, 1.807) is 0 Å². The summed E-state index contributed by atoms with van der Waals surface area (Å²) >= 11 is 0. The first-order valence-electron chi connectivity index (χ1n) is 4.08. The minimum absolute atomic E-state index is 0.0213. The Bertz CT molecular complexity index is 148. The van der Waals surface area contributed by atoms with Gasteiger partial charge in [0.1, 0.15) is 12.3 Å². The average Bonchev–Trinajstić information content (AvgIpc) is 2.06. The van der Waals surface area contributed by atoms with Crippen LogP contribution in [0.2, 0.25) is 0 Å². The number of rotatable bonds is 5. The van der Waals surface area contributed by atoms with Crippen LogP contribution >= 0.6 is 0 Å². The fourth-order valence-corrected chi connectivity index (χ4v) is 0.739. The molecule has 0 saturated heterocycles. The van der Waals surface area contributed by atoms with Gasteiger partial charge in [0.05, 0.1) is 0 Å². The molecule has 0 spiro atoms. The van der Waals surface area contributed by atoms with Crippen molar-refractivity contribution in [3.8, 4) is 0 Å². The summed E-state index contributed by atoms with van der Waals surface area (Å²) in [6, 6.07) is -0.663. The van der Waals surface area contributed by atoms with E-state index < -0.39 is 12.0 Å². The zero-order chi connectivity index (χ0) is 10.9. The zero-order valence-electron chi connectivity index (χ0n) is 8.28. The molecule has 0 aliphatic heterocycles. The fraction of sp³-hybridized carbons (Fsp3) is 0.750. The number of aliphatic carboxylic acids is 1. The molecule has 0 aromatic heterocycles. The van der Waals surface area contributed by atoms with Gasteiger partial charge in [-0.25, -0.2) is 0 Å². The van der Waals surface area contributed by atoms with Gasteiger partial charge in [0.25, 0.3) is 0 Å². The van der Waals surface area contributed by atoms with Crippen LogP contribution in [-0.2, 0) is 9.59 Å². The van der Waals surface area contributed by atoms with Crippen LogP contribution in [0.4, 0.5) is 0 Å². The van der Waals surface area contributed by atoms with Gasteiger partial charge in [-0.3, -0.25) is 4.79 Å². The third kappa shape index (κ3) is 8.97. The first kappa shape index (κ1) is 14.6. The molecule has 13 heavy (non-hydrogen) atoms. The first-order chi connectivity index (χ1) is 6.07. The Morgan fingerprint density at radius 3 is 2.23 bits per heavy atom. The second kappa shape index (κ2) is 9.15. The van der Waals surface area contributed by atoms with Gasteiger partial charge in [0, 0.05) is 12.5 Å². The predicted octanol–water partition coefficient (Wildman–Crippen LogP) is -0.398. The number of hydrogen-bond acceptors (Lipinski definition) is 4. The number of carboxylic acids is 1. The summed E-state index contributed by atoms with van der Waals surface area (Å²) in [6.07, 6.45) is 0.627. The summed E-state index contributed by atoms with van der Waals surface area (Å²) in [6.45, 7) is 3.67. The molecule has 1 unspecified atom stereocenters. The Balaban J connectivity index is 0. The largest absolute Gasteiger partial charge is 0.480 e. The Hall–Kier alpha value is -0.940. The Morgan fingerprint density at radius 2 is 2.00 bits per heavy atom. The summed E-state index contributed by atoms with van der Waals surface area (Å²) in [4.78, 5) is 20.4. The monoisotopic (exact) mass is 190 g/mol. The quantitative estimate of drug-likeness (QED) is 0.513. The smallest absolute Gasteiger partial charge is 0.321 e. The Morgan fingerprint density at radius 1 is 1.54 bits per heavy atom. The maximum atomic E-state index is 10.4. The van der Waals surface area contributed by atoms with Crippen LogP contribution in [0, 0.1) is 0 Å². The molecule has 0 aliphatic carbocycles. The molecule has 0 saturated carbocycles. The van der Waals surface area contributed by atoms with E-state index in [0.29, 0.717) is 6.29 Å². The van der Waals surface area contributed by atoms with Crippen LogP contribution < -0.4 is 11.1 Å². The highest BCUT2D eigenvalue weighted by Gasteiger charge is 2.16. The molecular weight excluding hydrogens is 172 g/mol. The van der Waals surface area contributed by atoms with Crippen LogP contribution in [0.25, 0.3) is 0 Å². The molecule has 0 bridgehead atoms. The predicted molar refractivity (Wildman–Crippen MR) is 50.5 cm³/mol. The number of hydrogen-bond donors (Lipinski definition) is 3. The molecule has 5 heteroatoms. The molecule has 0 rings (SSSR count). The Labute approximate surface area is 78.3 Å². The number of nitrogens with one attached hydrogen (secondary N) is 1. The molecule has 4 N–H and O–H groups in total. The van der Waals surface area contributed by atoms with Crippen LogP contribution in [0.3, 0.4) is 0 Å². The summed E-state index contributed by atoms with van der Waals surface area (Å²) in [5.74, 6) is -0.981. The van der Waals surface area contributed by atoms with Crippen molar-refractivity contribution in [1.82, 2.24) is 5.32 Å². The van der Waals surface area contributed by atoms with E-state index in [0.717, 1.165) is 0 Å². The highest BCUT2D eigenvalue weighted by molar-refractivity contribution is 5.76. The van der Waals surface area contributed by atoms with Crippen molar-refractivity contribution in [2.75, 3.05) is 7.05 Å². The molecule has 0 fully saturated rings. The van der Waals surface area contributed by atoms with Crippen molar-refractivity contribution in [2.45, 2.75) is 32.4 Å². The molecule has 1 atom stereocenters. The number of carbonyl (C=O) groups is 2. The maximum absolute atomic E-state index is 10.4. The van der Waals surface area contributed by atoms with Crippen molar-refractivity contribution >= 4 is 12.3 Å². The Kier molecular flexibility index (Phi) is 10.3. The molecule has 78 valence electrons. The molecule has 0 amide bonds. The normalized spacial score (nSPS) is 11.5. The van der Waals surface area contributed by atoms with Crippen molar-refractivity contribution in [1.29, 1.82) is 0 Å². The van der Waals surface area contributed by atoms with E-state index in [2.05, 4.69) is 11.1 Å². The van der Waals surface area contributed by atoms with Crippen molar-refractivity contribution in [3.05, 3.63) is 0 Å². The van der Waals surface area contributed by atoms with Gasteiger partial charge >= 0.3 is 5.97 Å². The second-order valence-electron chi connectivity index (χ2n) is 2.61. The summed E-state index contributed by atoms with van der Waals surface area (Å²) in [5, 5.41) is 11.3. The number of carbonyl (C=O) groups excluding carboxylic acids is 1. The lowest BCUT2D eigenvalue weighted by atomic mass is 10.2. The topological polar surface area (TPSA) is 92.4 Å². The number of nitrogens with two attached hydrogens (primary N) is 1. The third-order valence-corrected chi connectivity index (χ3v) is 1.16. The highest BCUT2D eigenvalue weighted by Crippen LogP contribution is 1.91. The average molecular weight is 190 g/mol. The minimum atomic E-state index is -0.981. The van der Waals surface area contributed by atoms with E-state index in [1.165, 1.54) is 7.05 Å². The lowest BCUT2D eigenvalue weighted by molar-refractivity contribution is -0.140. The number of carboxylic acid groups (broad SMARTS) is 1. The SMILES string of the molecule is CC(C)NC(CC=O)C(=O)O.CN. The molecule has 0 radical (unpaired) electrons. The third-order valence-electron chi connectivity index (χ3n) is 1.16. The zero-order valence-corrected chi connectivity index (χ0v) is 8.28. The summed E-state index contributed by atoms with van der Waals surface area (Å²) < 4.78 is 0. The molecule has 0 aromatic rings. The van der Waals surface area contributed by atoms with E-state index in [1.807, 2.05) is 13.8 Å². The van der Waals surface area contributed by atoms with E-state index in [4.69, 9.17) is 5.11 Å². The van der Waals surface area contributed by atoms with Crippen molar-refractivity contribution in [2.24, 2.45) is 5.73 Å². The molecule has 0 heterocycles. The van der Waals surface area contributed by atoms with Crippen LogP contribution in [0.1, 0.15) is 20.3 Å². The lowest BCUT2D eigenvalue weighted by Gasteiger charge is -2.13. The highest BCUT2D eigenvalue weighted by atomic mass is 16.4. The fourth-order valence-electron chi connectivity index (χ4n) is 0.739. The van der Waals surface area contributed by atoms with Crippen molar-refractivity contribution in [3.63, 3.8) is 0 Å². The molecule has 0 aliphatic rings. The van der Waals surface area contributed by atoms with Crippen LogP contribution in [-0.4, -0.2) is 36.5 Å². The van der Waals surface area contributed by atoms with Gasteiger partial charge in [0.2, 0.25) is 0 Å². The minimum Gasteiger partial charge on any atom is -0.480 e. The summed E-state index contributed by atoms with van der Waals surface area (Å²) in [7, 11) is 1.50. The lowest BCUT2D eigenvalue weighted by Crippen LogP contribution is -2.40. The van der Waals surface area contributed by atoms with Crippen molar-refractivity contribution < 1.29 is 14.7 Å². The van der Waals surface area contributed by atoms with E-state index in [-0.39, 0.29) is 12.5 Å². The maximum Gasteiger partial charge on any atom is 0.321 e. The van der Waals surface area contributed by atoms with Gasteiger partial charge in [-0.15, -0.1) is 0 Å². The van der Waals surface area contributed by atoms with Gasteiger partial charge < -0.3 is 21.0 Å². The molecule has 5 nitrogen and oxygen atoms in total. The van der Waals surface area contributed by atoms with E-state index in [9.17, 15) is 9.59 Å². The van der Waals surface area contributed by atoms with Crippen LogP contribution in [0.5, 0.6) is 0 Å². The standard InChI is InChI=1S/C7H13NO3.CH5N/c1-5(2)8-6(3-4-9)7(10)11;1-2/h4-6,8H,3H2,1-2H3,(H,10,11);2H2,1H3. The van der Waals surface area contributed by atoms with Gasteiger partial charge in [-0.1, -0.05) is 13.8 Å². The second-order valence-corrected chi connectivity index (χ2v) is 2.61. The molecular formula is C8H18N2O3. The van der Waals surface area contributed by atoms with Gasteiger partial charge in [-0.2, -0.15) is 0 Å². The summed E-state index contributed by atoms with van der Waals surface area (Å²) in [5.41, 5.74) is 4.50. The molecule has 0 aromatic carbocycles. The van der Waals surface area contributed by atoms with E-state index >= 15 is 0 Å². The van der Waals surface area contributed by atoms with Gasteiger partial charge in [0.15, 0.2) is 0 Å². The van der Waals surface area contributed by atoms with Crippen LogP contribution in [0.15, 0.2) is 0 Å². The number of aldehydes is 1. The van der Waals surface area contributed by atoms with Gasteiger partial charge in [-0.05, 0) is 7.05 Å². The first-order valence-corrected chi connectivity index (χ1v) is 4.08.